The average molecular weight is 249 g/mol. The Balaban J connectivity index is 2.27. The molecule has 0 bridgehead atoms. The fourth-order valence-corrected chi connectivity index (χ4v) is 2.03. The second-order valence-corrected chi connectivity index (χ2v) is 3.91. The molecule has 1 heterocycles. The van der Waals surface area contributed by atoms with E-state index in [4.69, 9.17) is 17.0 Å². The molecule has 1 aliphatic heterocycles. The second kappa shape index (κ2) is 4.73. The van der Waals surface area contributed by atoms with Gasteiger partial charge in [-0.1, -0.05) is 30.4 Å². The molecule has 17 heavy (non-hydrogen) atoms. The van der Waals surface area contributed by atoms with Crippen LogP contribution in [0.1, 0.15) is 22.8 Å². The third kappa shape index (κ3) is 1.99. The van der Waals surface area contributed by atoms with Crippen LogP contribution < -0.4 is 0 Å². The Morgan fingerprint density at radius 3 is 2.59 bits per heavy atom. The lowest BCUT2D eigenvalue weighted by Crippen LogP contribution is -2.38. The molecule has 4 nitrogen and oxygen atoms in total. The van der Waals surface area contributed by atoms with Gasteiger partial charge in [-0.25, -0.2) is 4.90 Å². The molecule has 0 atom stereocenters. The molecule has 1 aromatic carbocycles. The van der Waals surface area contributed by atoms with E-state index in [0.717, 1.165) is 4.90 Å². The number of hydrogen-bond acceptors (Lipinski definition) is 4. The van der Waals surface area contributed by atoms with Gasteiger partial charge in [-0.3, -0.25) is 9.59 Å². The van der Waals surface area contributed by atoms with Crippen molar-refractivity contribution < 1.29 is 14.3 Å². The van der Waals surface area contributed by atoms with E-state index in [1.807, 2.05) is 0 Å². The lowest BCUT2D eigenvalue weighted by molar-refractivity contribution is -0.129. The van der Waals surface area contributed by atoms with Gasteiger partial charge in [0.2, 0.25) is 0 Å². The second-order valence-electron chi connectivity index (χ2n) is 3.52. The third-order valence-corrected chi connectivity index (χ3v) is 2.88. The standard InChI is InChI=1S/C12H11NO3S/c1-2-16-7-10(14)13-11(15)8-5-3-4-6-9(8)12(13)17/h3-6H,2,7H2,1H3. The Morgan fingerprint density at radius 2 is 2.00 bits per heavy atom. The molecule has 0 aliphatic carbocycles. The summed E-state index contributed by atoms with van der Waals surface area (Å²) in [7, 11) is 0. The summed E-state index contributed by atoms with van der Waals surface area (Å²) in [4.78, 5) is 25.0. The van der Waals surface area contributed by atoms with Crippen LogP contribution in [0.2, 0.25) is 0 Å². The predicted octanol–water partition coefficient (Wildman–Crippen LogP) is 1.38. The number of rotatable bonds is 3. The Hall–Kier alpha value is -1.59. The molecule has 2 rings (SSSR count). The summed E-state index contributed by atoms with van der Waals surface area (Å²) in [5.74, 6) is -0.784. The molecule has 2 amide bonds. The zero-order valence-corrected chi connectivity index (χ0v) is 10.1. The number of amides is 2. The van der Waals surface area contributed by atoms with Gasteiger partial charge in [0.15, 0.2) is 0 Å². The Bertz CT molecular complexity index is 463. The van der Waals surface area contributed by atoms with Gasteiger partial charge >= 0.3 is 0 Å². The maximum absolute atomic E-state index is 12.0. The fourth-order valence-electron chi connectivity index (χ4n) is 1.67. The Morgan fingerprint density at radius 1 is 1.35 bits per heavy atom. The van der Waals surface area contributed by atoms with E-state index in [0.29, 0.717) is 17.7 Å². The number of carbonyl (C=O) groups excluding carboxylic acids is 2. The summed E-state index contributed by atoms with van der Waals surface area (Å²) < 4.78 is 5.00. The molecule has 5 heteroatoms. The SMILES string of the molecule is CCOCC(=O)N1C(=O)c2ccccc2C1=S. The smallest absolute Gasteiger partial charge is 0.266 e. The highest BCUT2D eigenvalue weighted by molar-refractivity contribution is 7.80. The molecule has 1 aromatic rings. The first kappa shape index (κ1) is 11.9. The molecule has 0 spiro atoms. The molecule has 0 unspecified atom stereocenters. The number of thiocarbonyl (C=S) groups is 1. The molecule has 0 aromatic heterocycles. The van der Waals surface area contributed by atoms with Crippen molar-refractivity contribution in [1.82, 2.24) is 4.90 Å². The summed E-state index contributed by atoms with van der Waals surface area (Å²) in [6.45, 7) is 2.08. The molecule has 0 fully saturated rings. The van der Waals surface area contributed by atoms with Crippen molar-refractivity contribution in [3.05, 3.63) is 35.4 Å². The van der Waals surface area contributed by atoms with Crippen LogP contribution >= 0.6 is 12.2 Å². The monoisotopic (exact) mass is 249 g/mol. The summed E-state index contributed by atoms with van der Waals surface area (Å²) in [5, 5.41) is 0. The number of hydrogen-bond donors (Lipinski definition) is 0. The summed E-state index contributed by atoms with van der Waals surface area (Å²) in [5.41, 5.74) is 1.11. The number of imide groups is 1. The summed E-state index contributed by atoms with van der Waals surface area (Å²) >= 11 is 5.13. The van der Waals surface area contributed by atoms with E-state index < -0.39 is 5.91 Å². The largest absolute Gasteiger partial charge is 0.372 e. The summed E-state index contributed by atoms with van der Waals surface area (Å²) in [6, 6.07) is 6.94. The van der Waals surface area contributed by atoms with Gasteiger partial charge in [-0.2, -0.15) is 0 Å². The first-order valence-electron chi connectivity index (χ1n) is 5.25. The number of fused-ring (bicyclic) bond motifs is 1. The Kier molecular flexibility index (Phi) is 3.31. The van der Waals surface area contributed by atoms with Crippen LogP contribution in [0, 0.1) is 0 Å². The minimum Gasteiger partial charge on any atom is -0.372 e. The predicted molar refractivity (Wildman–Crippen MR) is 65.8 cm³/mol. The molecule has 1 aliphatic rings. The van der Waals surface area contributed by atoms with Crippen LogP contribution in [-0.2, 0) is 9.53 Å². The van der Waals surface area contributed by atoms with Crippen LogP contribution in [0.5, 0.6) is 0 Å². The first-order chi connectivity index (χ1) is 8.16. The molecule has 0 saturated carbocycles. The van der Waals surface area contributed by atoms with E-state index in [2.05, 4.69) is 0 Å². The van der Waals surface area contributed by atoms with E-state index >= 15 is 0 Å². The normalized spacial score (nSPS) is 14.1. The minimum absolute atomic E-state index is 0.129. The lowest BCUT2D eigenvalue weighted by Gasteiger charge is -2.13. The molecule has 0 radical (unpaired) electrons. The van der Waals surface area contributed by atoms with Gasteiger partial charge in [0.1, 0.15) is 11.6 Å². The molecule has 0 saturated heterocycles. The van der Waals surface area contributed by atoms with E-state index in [-0.39, 0.29) is 17.5 Å². The van der Waals surface area contributed by atoms with E-state index in [1.54, 1.807) is 31.2 Å². The first-order valence-corrected chi connectivity index (χ1v) is 5.66. The third-order valence-electron chi connectivity index (χ3n) is 2.47. The van der Waals surface area contributed by atoms with Crippen LogP contribution in [0.3, 0.4) is 0 Å². The maximum Gasteiger partial charge on any atom is 0.266 e. The number of benzene rings is 1. The van der Waals surface area contributed by atoms with Crippen LogP contribution in [0.25, 0.3) is 0 Å². The quantitative estimate of drug-likeness (QED) is 0.759. The van der Waals surface area contributed by atoms with Crippen molar-refractivity contribution in [3.8, 4) is 0 Å². The topological polar surface area (TPSA) is 46.6 Å². The number of carbonyl (C=O) groups is 2. The van der Waals surface area contributed by atoms with Crippen molar-refractivity contribution in [2.24, 2.45) is 0 Å². The van der Waals surface area contributed by atoms with Gasteiger partial charge in [0.25, 0.3) is 11.8 Å². The van der Waals surface area contributed by atoms with Gasteiger partial charge in [-0.15, -0.1) is 0 Å². The molecule has 88 valence electrons. The van der Waals surface area contributed by atoms with Crippen LogP contribution in [0.15, 0.2) is 24.3 Å². The van der Waals surface area contributed by atoms with E-state index in [9.17, 15) is 9.59 Å². The fraction of sp³-hybridized carbons (Fsp3) is 0.250. The van der Waals surface area contributed by atoms with Gasteiger partial charge < -0.3 is 4.74 Å². The van der Waals surface area contributed by atoms with Crippen molar-refractivity contribution in [1.29, 1.82) is 0 Å². The molecular weight excluding hydrogens is 238 g/mol. The minimum atomic E-state index is -0.418. The number of nitrogens with zero attached hydrogens (tertiary/aromatic N) is 1. The number of ether oxygens (including phenoxy) is 1. The Labute approximate surface area is 104 Å². The maximum atomic E-state index is 12.0. The van der Waals surface area contributed by atoms with Crippen LogP contribution in [0.4, 0.5) is 0 Å². The zero-order chi connectivity index (χ0) is 12.4. The van der Waals surface area contributed by atoms with E-state index in [1.165, 1.54) is 0 Å². The van der Waals surface area contributed by atoms with Gasteiger partial charge in [0, 0.05) is 12.2 Å². The van der Waals surface area contributed by atoms with Crippen molar-refractivity contribution in [2.75, 3.05) is 13.2 Å². The summed E-state index contributed by atoms with van der Waals surface area (Å²) in [6.07, 6.45) is 0. The van der Waals surface area contributed by atoms with Crippen LogP contribution in [-0.4, -0.2) is 34.9 Å². The average Bonchev–Trinajstić information content (AvgIpc) is 2.60. The highest BCUT2D eigenvalue weighted by Crippen LogP contribution is 2.23. The van der Waals surface area contributed by atoms with Crippen molar-refractivity contribution in [2.45, 2.75) is 6.92 Å². The van der Waals surface area contributed by atoms with Crippen molar-refractivity contribution >= 4 is 29.0 Å². The van der Waals surface area contributed by atoms with Gasteiger partial charge in [-0.05, 0) is 13.0 Å². The van der Waals surface area contributed by atoms with Gasteiger partial charge in [0.05, 0.1) is 5.56 Å². The molecular formula is C12H11NO3S. The van der Waals surface area contributed by atoms with Crippen molar-refractivity contribution in [3.63, 3.8) is 0 Å². The highest BCUT2D eigenvalue weighted by Gasteiger charge is 2.36. The molecule has 0 N–H and O–H groups in total. The zero-order valence-electron chi connectivity index (χ0n) is 9.30. The highest BCUT2D eigenvalue weighted by atomic mass is 32.1. The lowest BCUT2D eigenvalue weighted by atomic mass is 10.1.